The molecular formula is C10H8N2OS. The number of aromatic amines is 1. The fourth-order valence-corrected chi connectivity index (χ4v) is 1.89. The quantitative estimate of drug-likeness (QED) is 0.659. The number of carbonyl (C=O) groups excluding carboxylic acids is 1. The van der Waals surface area contributed by atoms with Crippen molar-refractivity contribution in [2.75, 3.05) is 0 Å². The van der Waals surface area contributed by atoms with Gasteiger partial charge in [0.1, 0.15) is 10.7 Å². The van der Waals surface area contributed by atoms with Crippen molar-refractivity contribution >= 4 is 18.0 Å². The highest BCUT2D eigenvalue weighted by Crippen LogP contribution is 2.20. The molecule has 1 aromatic heterocycles. The normalized spacial score (nSPS) is 14.6. The molecule has 0 amide bonds. The number of hydrogen-bond donors (Lipinski definition) is 1. The van der Waals surface area contributed by atoms with Gasteiger partial charge in [0.05, 0.1) is 5.56 Å². The molecule has 0 saturated heterocycles. The van der Waals surface area contributed by atoms with Gasteiger partial charge in [0.2, 0.25) is 0 Å². The number of nitriles is 1. The van der Waals surface area contributed by atoms with Crippen LogP contribution in [0.15, 0.2) is 6.07 Å². The summed E-state index contributed by atoms with van der Waals surface area (Å²) in [6.45, 7) is 0. The van der Waals surface area contributed by atoms with Crippen LogP contribution < -0.4 is 0 Å². The van der Waals surface area contributed by atoms with Crippen LogP contribution in [0.2, 0.25) is 0 Å². The first-order valence-electron chi connectivity index (χ1n) is 4.42. The molecule has 1 aliphatic rings. The molecule has 14 heavy (non-hydrogen) atoms. The monoisotopic (exact) mass is 204 g/mol. The average molecular weight is 204 g/mol. The van der Waals surface area contributed by atoms with Gasteiger partial charge in [-0.3, -0.25) is 4.79 Å². The zero-order chi connectivity index (χ0) is 10.1. The molecule has 0 spiro atoms. The summed E-state index contributed by atoms with van der Waals surface area (Å²) in [5.41, 5.74) is 1.90. The highest BCUT2D eigenvalue weighted by atomic mass is 32.1. The van der Waals surface area contributed by atoms with Crippen LogP contribution in [0.3, 0.4) is 0 Å². The molecule has 1 aliphatic carbocycles. The van der Waals surface area contributed by atoms with Crippen molar-refractivity contribution in [2.45, 2.75) is 19.3 Å². The minimum atomic E-state index is 0.106. The first-order valence-corrected chi connectivity index (χ1v) is 4.82. The Labute approximate surface area is 86.4 Å². The van der Waals surface area contributed by atoms with Gasteiger partial charge in [-0.15, -0.1) is 0 Å². The van der Waals surface area contributed by atoms with Gasteiger partial charge in [-0.1, -0.05) is 12.2 Å². The predicted molar refractivity (Wildman–Crippen MR) is 53.6 cm³/mol. The molecule has 3 nitrogen and oxygen atoms in total. The maximum atomic E-state index is 11.5. The van der Waals surface area contributed by atoms with E-state index in [1.165, 1.54) is 0 Å². The molecule has 0 saturated carbocycles. The second-order valence-electron chi connectivity index (χ2n) is 3.29. The van der Waals surface area contributed by atoms with Gasteiger partial charge >= 0.3 is 0 Å². The van der Waals surface area contributed by atoms with E-state index in [4.69, 9.17) is 17.5 Å². The lowest BCUT2D eigenvalue weighted by atomic mass is 9.94. The van der Waals surface area contributed by atoms with Gasteiger partial charge in [0.25, 0.3) is 0 Å². The van der Waals surface area contributed by atoms with E-state index in [0.29, 0.717) is 22.2 Å². The summed E-state index contributed by atoms with van der Waals surface area (Å²) in [5.74, 6) is 0.106. The molecule has 0 aliphatic heterocycles. The van der Waals surface area contributed by atoms with E-state index in [1.54, 1.807) is 6.07 Å². The number of hydrogen-bond acceptors (Lipinski definition) is 3. The Kier molecular flexibility index (Phi) is 2.18. The largest absolute Gasteiger partial charge is 0.348 e. The summed E-state index contributed by atoms with van der Waals surface area (Å²) >= 11 is 4.99. The number of ketones is 1. The zero-order valence-electron chi connectivity index (χ0n) is 7.46. The number of rotatable bonds is 0. The Hall–Kier alpha value is -1.47. The molecule has 0 atom stereocenters. The minimum absolute atomic E-state index is 0.106. The smallest absolute Gasteiger partial charge is 0.164 e. The van der Waals surface area contributed by atoms with Gasteiger partial charge < -0.3 is 4.98 Å². The Morgan fingerprint density at radius 3 is 3.00 bits per heavy atom. The van der Waals surface area contributed by atoms with Gasteiger partial charge in [0.15, 0.2) is 5.78 Å². The van der Waals surface area contributed by atoms with E-state index in [0.717, 1.165) is 18.5 Å². The fourth-order valence-electron chi connectivity index (χ4n) is 1.66. The number of H-pyrrole nitrogens is 1. The van der Waals surface area contributed by atoms with Crippen LogP contribution in [0.25, 0.3) is 0 Å². The van der Waals surface area contributed by atoms with Crippen molar-refractivity contribution in [3.05, 3.63) is 27.5 Å². The Bertz CT molecular complexity index is 496. The van der Waals surface area contributed by atoms with E-state index >= 15 is 0 Å². The Morgan fingerprint density at radius 2 is 2.29 bits per heavy atom. The Balaban J connectivity index is 2.68. The molecule has 0 bridgehead atoms. The van der Waals surface area contributed by atoms with Crippen LogP contribution in [0.5, 0.6) is 0 Å². The summed E-state index contributed by atoms with van der Waals surface area (Å²) in [7, 11) is 0. The number of aryl methyl sites for hydroxylation is 1. The van der Waals surface area contributed by atoms with E-state index in [-0.39, 0.29) is 5.78 Å². The fraction of sp³-hybridized carbons (Fsp3) is 0.300. The molecule has 0 radical (unpaired) electrons. The maximum absolute atomic E-state index is 11.5. The van der Waals surface area contributed by atoms with Crippen molar-refractivity contribution < 1.29 is 4.79 Å². The topological polar surface area (TPSA) is 56.6 Å². The van der Waals surface area contributed by atoms with Crippen LogP contribution in [-0.2, 0) is 6.42 Å². The molecular weight excluding hydrogens is 196 g/mol. The standard InChI is InChI=1S/C10H8N2OS/c11-5-6-4-7-8(12-10(6)14)2-1-3-9(7)13/h4H,1-3H2,(H,12,14). The lowest BCUT2D eigenvalue weighted by molar-refractivity contribution is 0.0971. The van der Waals surface area contributed by atoms with E-state index in [1.807, 2.05) is 6.07 Å². The lowest BCUT2D eigenvalue weighted by Gasteiger charge is -2.14. The number of pyridine rings is 1. The van der Waals surface area contributed by atoms with Gasteiger partial charge in [-0.2, -0.15) is 5.26 Å². The highest BCUT2D eigenvalue weighted by Gasteiger charge is 2.18. The molecule has 0 fully saturated rings. The molecule has 1 aromatic rings. The molecule has 1 heterocycles. The van der Waals surface area contributed by atoms with E-state index in [9.17, 15) is 4.79 Å². The average Bonchev–Trinajstić information content (AvgIpc) is 2.17. The third-order valence-electron chi connectivity index (χ3n) is 2.37. The lowest BCUT2D eigenvalue weighted by Crippen LogP contribution is -2.13. The Morgan fingerprint density at radius 1 is 1.50 bits per heavy atom. The van der Waals surface area contributed by atoms with Crippen LogP contribution in [0.1, 0.15) is 34.5 Å². The van der Waals surface area contributed by atoms with Crippen molar-refractivity contribution in [1.82, 2.24) is 4.98 Å². The number of carbonyl (C=O) groups is 1. The van der Waals surface area contributed by atoms with Crippen molar-refractivity contribution in [2.24, 2.45) is 0 Å². The van der Waals surface area contributed by atoms with Gasteiger partial charge in [-0.05, 0) is 18.9 Å². The number of nitrogens with one attached hydrogen (secondary N) is 1. The molecule has 0 aromatic carbocycles. The van der Waals surface area contributed by atoms with E-state index < -0.39 is 0 Å². The van der Waals surface area contributed by atoms with Gasteiger partial charge in [0, 0.05) is 17.7 Å². The van der Waals surface area contributed by atoms with Crippen molar-refractivity contribution in [3.8, 4) is 6.07 Å². The van der Waals surface area contributed by atoms with Crippen molar-refractivity contribution in [1.29, 1.82) is 5.26 Å². The van der Waals surface area contributed by atoms with Crippen LogP contribution in [0.4, 0.5) is 0 Å². The first kappa shape index (κ1) is 9.10. The number of Topliss-reactive ketones (excluding diaryl/α,β-unsaturated/α-hetero) is 1. The number of aromatic nitrogens is 1. The summed E-state index contributed by atoms with van der Waals surface area (Å²) in [6.07, 6.45) is 2.28. The molecule has 70 valence electrons. The summed E-state index contributed by atoms with van der Waals surface area (Å²) < 4.78 is 0.431. The first-order chi connectivity index (χ1) is 6.72. The molecule has 2 rings (SSSR count). The summed E-state index contributed by atoms with van der Waals surface area (Å²) in [6, 6.07) is 3.59. The van der Waals surface area contributed by atoms with Crippen LogP contribution in [0, 0.1) is 16.0 Å². The third kappa shape index (κ3) is 1.36. The molecule has 1 N–H and O–H groups in total. The second kappa shape index (κ2) is 3.35. The van der Waals surface area contributed by atoms with Crippen molar-refractivity contribution in [3.63, 3.8) is 0 Å². The number of fused-ring (bicyclic) bond motifs is 1. The zero-order valence-corrected chi connectivity index (χ0v) is 8.28. The maximum Gasteiger partial charge on any atom is 0.164 e. The molecule has 4 heteroatoms. The van der Waals surface area contributed by atoms with E-state index in [2.05, 4.69) is 4.98 Å². The summed E-state index contributed by atoms with van der Waals surface area (Å²) in [4.78, 5) is 14.5. The third-order valence-corrected chi connectivity index (χ3v) is 2.70. The minimum Gasteiger partial charge on any atom is -0.348 e. The number of nitrogens with zero attached hydrogens (tertiary/aromatic N) is 1. The van der Waals surface area contributed by atoms with Gasteiger partial charge in [-0.25, -0.2) is 0 Å². The summed E-state index contributed by atoms with van der Waals surface area (Å²) in [5, 5.41) is 8.76. The van der Waals surface area contributed by atoms with Crippen LogP contribution >= 0.6 is 12.2 Å². The SMILES string of the molecule is N#Cc1cc2c([nH]c1=S)CCCC2=O. The molecule has 0 unspecified atom stereocenters. The predicted octanol–water partition coefficient (Wildman–Crippen LogP) is 2.13. The highest BCUT2D eigenvalue weighted by molar-refractivity contribution is 7.71. The second-order valence-corrected chi connectivity index (χ2v) is 3.70. The van der Waals surface area contributed by atoms with Crippen LogP contribution in [-0.4, -0.2) is 10.8 Å².